The van der Waals surface area contributed by atoms with E-state index in [0.29, 0.717) is 5.75 Å². The predicted molar refractivity (Wildman–Crippen MR) is 82.2 cm³/mol. The number of aliphatic hydroxyl groups is 1. The maximum Gasteiger partial charge on any atom is 0.279 e. The molecule has 2 N–H and O–H groups in total. The monoisotopic (exact) mass is 316 g/mol. The van der Waals surface area contributed by atoms with E-state index in [4.69, 9.17) is 9.84 Å². The molecule has 120 valence electrons. The molecule has 0 aromatic heterocycles. The minimum atomic E-state index is -3.60. The zero-order valence-corrected chi connectivity index (χ0v) is 13.7. The van der Waals surface area contributed by atoms with Crippen LogP contribution in [0.1, 0.15) is 19.4 Å². The highest BCUT2D eigenvalue weighted by Crippen LogP contribution is 2.15. The van der Waals surface area contributed by atoms with Crippen molar-refractivity contribution < 1.29 is 18.3 Å². The Kier molecular flexibility index (Phi) is 6.60. The Morgan fingerprint density at radius 3 is 2.62 bits per heavy atom. The van der Waals surface area contributed by atoms with E-state index in [1.165, 1.54) is 11.4 Å². The largest absolute Gasteiger partial charge is 0.497 e. The van der Waals surface area contributed by atoms with Crippen molar-refractivity contribution in [3.05, 3.63) is 29.8 Å². The van der Waals surface area contributed by atoms with Gasteiger partial charge >= 0.3 is 0 Å². The maximum absolute atomic E-state index is 12.2. The summed E-state index contributed by atoms with van der Waals surface area (Å²) in [5, 5.41) is 9.07. The highest BCUT2D eigenvalue weighted by molar-refractivity contribution is 7.87. The lowest BCUT2D eigenvalue weighted by atomic mass is 10.1. The second-order valence-corrected chi connectivity index (χ2v) is 6.99. The van der Waals surface area contributed by atoms with Crippen molar-refractivity contribution in [1.29, 1.82) is 0 Å². The van der Waals surface area contributed by atoms with Crippen molar-refractivity contribution in [3.8, 4) is 5.75 Å². The molecule has 0 bridgehead atoms. The van der Waals surface area contributed by atoms with Gasteiger partial charge in [0, 0.05) is 26.2 Å². The van der Waals surface area contributed by atoms with E-state index in [-0.39, 0.29) is 25.1 Å². The van der Waals surface area contributed by atoms with Gasteiger partial charge in [0.2, 0.25) is 0 Å². The minimum absolute atomic E-state index is 0.0662. The molecule has 1 rings (SSSR count). The van der Waals surface area contributed by atoms with Crippen LogP contribution in [0.15, 0.2) is 24.3 Å². The Bertz CT molecular complexity index is 548. The van der Waals surface area contributed by atoms with Gasteiger partial charge in [0.05, 0.1) is 7.11 Å². The van der Waals surface area contributed by atoms with Crippen LogP contribution in [0.5, 0.6) is 5.75 Å². The van der Waals surface area contributed by atoms with E-state index >= 15 is 0 Å². The van der Waals surface area contributed by atoms with Crippen LogP contribution in [-0.2, 0) is 16.8 Å². The molecule has 7 heteroatoms. The van der Waals surface area contributed by atoms with Crippen LogP contribution < -0.4 is 9.46 Å². The van der Waals surface area contributed by atoms with E-state index in [0.717, 1.165) is 5.56 Å². The summed E-state index contributed by atoms with van der Waals surface area (Å²) < 4.78 is 33.4. The highest BCUT2D eigenvalue weighted by Gasteiger charge is 2.23. The highest BCUT2D eigenvalue weighted by atomic mass is 32.2. The third kappa shape index (κ3) is 5.28. The van der Waals surface area contributed by atoms with Gasteiger partial charge in [-0.25, -0.2) is 0 Å². The van der Waals surface area contributed by atoms with Crippen molar-refractivity contribution >= 4 is 10.2 Å². The number of methoxy groups -OCH3 is 1. The van der Waals surface area contributed by atoms with Crippen LogP contribution in [0.4, 0.5) is 0 Å². The van der Waals surface area contributed by atoms with Gasteiger partial charge < -0.3 is 9.84 Å². The van der Waals surface area contributed by atoms with Gasteiger partial charge in [0.1, 0.15) is 5.75 Å². The van der Waals surface area contributed by atoms with Gasteiger partial charge in [-0.1, -0.05) is 19.1 Å². The minimum Gasteiger partial charge on any atom is -0.497 e. The molecule has 0 aliphatic heterocycles. The predicted octanol–water partition coefficient (Wildman–Crippen LogP) is 0.978. The Balaban J connectivity index is 2.74. The lowest BCUT2D eigenvalue weighted by Crippen LogP contribution is -2.45. The van der Waals surface area contributed by atoms with E-state index in [1.807, 2.05) is 12.1 Å². The number of aliphatic hydroxyl groups excluding tert-OH is 1. The quantitative estimate of drug-likeness (QED) is 0.749. The van der Waals surface area contributed by atoms with Crippen LogP contribution in [0.25, 0.3) is 0 Å². The third-order valence-corrected chi connectivity index (χ3v) is 5.05. The molecule has 0 fully saturated rings. The number of nitrogens with zero attached hydrogens (tertiary/aromatic N) is 1. The molecule has 0 radical (unpaired) electrons. The van der Waals surface area contributed by atoms with Crippen molar-refractivity contribution in [2.45, 2.75) is 26.4 Å². The van der Waals surface area contributed by atoms with Gasteiger partial charge in [0.25, 0.3) is 10.2 Å². The third-order valence-electron chi connectivity index (χ3n) is 3.43. The molecule has 0 aliphatic carbocycles. The molecule has 2 atom stereocenters. The Labute approximate surface area is 126 Å². The number of nitrogens with one attached hydrogen (secondary N) is 1. The first kappa shape index (κ1) is 17.9. The fourth-order valence-corrected chi connectivity index (χ4v) is 2.91. The van der Waals surface area contributed by atoms with Crippen LogP contribution in [0.3, 0.4) is 0 Å². The Morgan fingerprint density at radius 1 is 1.38 bits per heavy atom. The van der Waals surface area contributed by atoms with Gasteiger partial charge in [-0.15, -0.1) is 0 Å². The van der Waals surface area contributed by atoms with Crippen LogP contribution in [0, 0.1) is 5.92 Å². The summed E-state index contributed by atoms with van der Waals surface area (Å²) in [4.78, 5) is 0. The van der Waals surface area contributed by atoms with E-state index in [9.17, 15) is 8.42 Å². The fourth-order valence-electron chi connectivity index (χ4n) is 1.71. The molecular formula is C14H24N2O4S. The van der Waals surface area contributed by atoms with E-state index < -0.39 is 10.2 Å². The van der Waals surface area contributed by atoms with Crippen molar-refractivity contribution in [2.24, 2.45) is 5.92 Å². The molecule has 0 heterocycles. The van der Waals surface area contributed by atoms with Crippen molar-refractivity contribution in [2.75, 3.05) is 20.8 Å². The summed E-state index contributed by atoms with van der Waals surface area (Å²) in [6.45, 7) is 3.70. The summed E-state index contributed by atoms with van der Waals surface area (Å²) >= 11 is 0. The SMILES string of the molecule is COc1cccc(CN(C)S(=O)(=O)NC(C)C(C)CO)c1. The number of rotatable bonds is 8. The molecule has 1 aromatic rings. The molecule has 21 heavy (non-hydrogen) atoms. The van der Waals surface area contributed by atoms with E-state index in [1.54, 1.807) is 33.1 Å². The number of hydrogen-bond acceptors (Lipinski definition) is 4. The van der Waals surface area contributed by atoms with Crippen LogP contribution in [0.2, 0.25) is 0 Å². The summed E-state index contributed by atoms with van der Waals surface area (Å²) in [7, 11) is -0.520. The zero-order chi connectivity index (χ0) is 16.0. The first-order valence-corrected chi connectivity index (χ1v) is 8.21. The number of benzene rings is 1. The molecular weight excluding hydrogens is 292 g/mol. The normalized spacial score (nSPS) is 15.0. The summed E-state index contributed by atoms with van der Waals surface area (Å²) in [5.74, 6) is 0.540. The Morgan fingerprint density at radius 2 is 2.05 bits per heavy atom. The van der Waals surface area contributed by atoms with Gasteiger partial charge in [0.15, 0.2) is 0 Å². The van der Waals surface area contributed by atoms with Gasteiger partial charge in [-0.2, -0.15) is 17.4 Å². The van der Waals surface area contributed by atoms with Crippen molar-refractivity contribution in [3.63, 3.8) is 0 Å². The van der Waals surface area contributed by atoms with Crippen LogP contribution >= 0.6 is 0 Å². The molecule has 6 nitrogen and oxygen atoms in total. The molecule has 0 amide bonds. The second-order valence-electron chi connectivity index (χ2n) is 5.18. The number of hydrogen-bond donors (Lipinski definition) is 2. The van der Waals surface area contributed by atoms with Crippen molar-refractivity contribution in [1.82, 2.24) is 9.03 Å². The zero-order valence-electron chi connectivity index (χ0n) is 12.9. The van der Waals surface area contributed by atoms with Gasteiger partial charge in [-0.3, -0.25) is 0 Å². The summed E-state index contributed by atoms with van der Waals surface area (Å²) in [6.07, 6.45) is 0. The Hall–Kier alpha value is -1.15. The second kappa shape index (κ2) is 7.74. The average molecular weight is 316 g/mol. The standard InChI is InChI=1S/C14H24N2O4S/c1-11(10-17)12(2)15-21(18,19)16(3)9-13-6-5-7-14(8-13)20-4/h5-8,11-12,15,17H,9-10H2,1-4H3. The average Bonchev–Trinajstić information content (AvgIpc) is 2.45. The number of ether oxygens (including phenoxy) is 1. The molecule has 0 saturated carbocycles. The molecule has 2 unspecified atom stereocenters. The molecule has 0 spiro atoms. The summed E-state index contributed by atoms with van der Waals surface area (Å²) in [5.41, 5.74) is 0.838. The molecule has 1 aromatic carbocycles. The summed E-state index contributed by atoms with van der Waals surface area (Å²) in [6, 6.07) is 6.92. The topological polar surface area (TPSA) is 78.9 Å². The smallest absolute Gasteiger partial charge is 0.279 e. The lowest BCUT2D eigenvalue weighted by Gasteiger charge is -2.24. The van der Waals surface area contributed by atoms with E-state index in [2.05, 4.69) is 4.72 Å². The van der Waals surface area contributed by atoms with Crippen LogP contribution in [-0.4, -0.2) is 44.6 Å². The van der Waals surface area contributed by atoms with Gasteiger partial charge in [-0.05, 0) is 30.5 Å². The lowest BCUT2D eigenvalue weighted by molar-refractivity contribution is 0.215. The molecule has 0 saturated heterocycles. The first-order chi connectivity index (χ1) is 9.80. The fraction of sp³-hybridized carbons (Fsp3) is 0.571. The molecule has 0 aliphatic rings. The maximum atomic E-state index is 12.2. The first-order valence-electron chi connectivity index (χ1n) is 6.77.